The van der Waals surface area contributed by atoms with Crippen molar-refractivity contribution in [1.82, 2.24) is 15.1 Å². The maximum atomic E-state index is 4.51. The molecule has 0 aliphatic heterocycles. The quantitative estimate of drug-likeness (QED) is 0.706. The molecule has 0 aliphatic carbocycles. The number of hydrogen-bond donors (Lipinski definition) is 1. The number of nitrogens with zero attached hydrogens (tertiary/aromatic N) is 2. The van der Waals surface area contributed by atoms with Crippen molar-refractivity contribution in [1.29, 1.82) is 0 Å². The van der Waals surface area contributed by atoms with Gasteiger partial charge in [0.05, 0.1) is 5.69 Å². The first-order chi connectivity index (χ1) is 6.77. The maximum Gasteiger partial charge on any atom is 0.0762 e. The normalized spacial score (nSPS) is 13.1. The van der Waals surface area contributed by atoms with Gasteiger partial charge in [0, 0.05) is 18.8 Å². The van der Waals surface area contributed by atoms with Gasteiger partial charge in [0.2, 0.25) is 0 Å². The second-order valence-corrected chi connectivity index (χ2v) is 3.72. The van der Waals surface area contributed by atoms with Crippen LogP contribution in [0.5, 0.6) is 0 Å². The zero-order valence-electron chi connectivity index (χ0n) is 9.45. The predicted octanol–water partition coefficient (Wildman–Crippen LogP) is 2.35. The van der Waals surface area contributed by atoms with Gasteiger partial charge in [0.1, 0.15) is 0 Å². The van der Waals surface area contributed by atoms with E-state index in [0.717, 1.165) is 25.2 Å². The van der Waals surface area contributed by atoms with Crippen molar-refractivity contribution in [2.24, 2.45) is 0 Å². The first kappa shape index (κ1) is 11.2. The summed E-state index contributed by atoms with van der Waals surface area (Å²) in [5, 5.41) is 7.85. The Morgan fingerprint density at radius 2 is 2.29 bits per heavy atom. The van der Waals surface area contributed by atoms with Crippen molar-refractivity contribution in [2.75, 3.05) is 6.54 Å². The predicted molar refractivity (Wildman–Crippen MR) is 59.2 cm³/mol. The van der Waals surface area contributed by atoms with Gasteiger partial charge in [-0.05, 0) is 32.4 Å². The molecule has 80 valence electrons. The highest BCUT2D eigenvalue weighted by Crippen LogP contribution is 2.08. The molecule has 0 aliphatic rings. The minimum atomic E-state index is 0.509. The van der Waals surface area contributed by atoms with E-state index in [9.17, 15) is 0 Å². The number of aromatic nitrogens is 2. The van der Waals surface area contributed by atoms with E-state index in [0.29, 0.717) is 6.04 Å². The van der Waals surface area contributed by atoms with Gasteiger partial charge in [0.15, 0.2) is 0 Å². The van der Waals surface area contributed by atoms with Crippen molar-refractivity contribution in [3.8, 4) is 0 Å². The lowest BCUT2D eigenvalue weighted by Gasteiger charge is -2.08. The fourth-order valence-corrected chi connectivity index (χ4v) is 1.30. The van der Waals surface area contributed by atoms with Crippen LogP contribution in [0.4, 0.5) is 0 Å². The van der Waals surface area contributed by atoms with E-state index in [1.165, 1.54) is 6.42 Å². The molecule has 1 aromatic rings. The van der Waals surface area contributed by atoms with E-state index in [-0.39, 0.29) is 0 Å². The van der Waals surface area contributed by atoms with Gasteiger partial charge in [-0.1, -0.05) is 13.8 Å². The van der Waals surface area contributed by atoms with Gasteiger partial charge < -0.3 is 5.32 Å². The Balaban J connectivity index is 2.42. The molecule has 0 radical (unpaired) electrons. The minimum absolute atomic E-state index is 0.509. The molecule has 1 rings (SSSR count). The summed E-state index contributed by atoms with van der Waals surface area (Å²) in [5.41, 5.74) is 1.14. The molecule has 1 unspecified atom stereocenters. The Hall–Kier alpha value is -0.830. The third kappa shape index (κ3) is 3.14. The zero-order valence-corrected chi connectivity index (χ0v) is 9.45. The Morgan fingerprint density at radius 1 is 1.50 bits per heavy atom. The van der Waals surface area contributed by atoms with Crippen molar-refractivity contribution in [2.45, 2.75) is 46.2 Å². The van der Waals surface area contributed by atoms with Crippen LogP contribution in [0.2, 0.25) is 0 Å². The fourth-order valence-electron chi connectivity index (χ4n) is 1.30. The number of rotatable bonds is 6. The highest BCUT2D eigenvalue weighted by molar-refractivity contribution is 4.99. The molecular formula is C11H21N3. The smallest absolute Gasteiger partial charge is 0.0762 e. The van der Waals surface area contributed by atoms with Crippen LogP contribution in [0.25, 0.3) is 0 Å². The molecular weight excluding hydrogens is 174 g/mol. The summed E-state index contributed by atoms with van der Waals surface area (Å²) >= 11 is 0. The van der Waals surface area contributed by atoms with Crippen molar-refractivity contribution < 1.29 is 0 Å². The first-order valence-electron chi connectivity index (χ1n) is 5.52. The summed E-state index contributed by atoms with van der Waals surface area (Å²) in [6.07, 6.45) is 4.37. The van der Waals surface area contributed by atoms with E-state index in [1.807, 2.05) is 4.68 Å². The van der Waals surface area contributed by atoms with Gasteiger partial charge in [-0.2, -0.15) is 5.10 Å². The standard InChI is InChI=1S/C11H21N3/c1-4-7-12-9-11-6-8-14(13-11)10(3)5-2/h6,8,10,12H,4-5,7,9H2,1-3H3. The van der Waals surface area contributed by atoms with Crippen LogP contribution in [0.15, 0.2) is 12.3 Å². The summed E-state index contributed by atoms with van der Waals surface area (Å²) in [5.74, 6) is 0. The molecule has 3 nitrogen and oxygen atoms in total. The lowest BCUT2D eigenvalue weighted by Crippen LogP contribution is -2.14. The van der Waals surface area contributed by atoms with Crippen LogP contribution in [-0.2, 0) is 6.54 Å². The molecule has 1 aromatic heterocycles. The largest absolute Gasteiger partial charge is 0.311 e. The fraction of sp³-hybridized carbons (Fsp3) is 0.727. The molecule has 0 saturated heterocycles. The van der Waals surface area contributed by atoms with Crippen molar-refractivity contribution in [3.05, 3.63) is 18.0 Å². The van der Waals surface area contributed by atoms with Gasteiger partial charge in [0.25, 0.3) is 0 Å². The third-order valence-corrected chi connectivity index (χ3v) is 2.44. The average molecular weight is 195 g/mol. The van der Waals surface area contributed by atoms with Crippen LogP contribution in [0.3, 0.4) is 0 Å². The molecule has 0 bridgehead atoms. The molecule has 0 saturated carbocycles. The van der Waals surface area contributed by atoms with Gasteiger partial charge in [-0.25, -0.2) is 0 Å². The summed E-state index contributed by atoms with van der Waals surface area (Å²) in [6, 6.07) is 2.60. The Labute approximate surface area is 86.5 Å². The van der Waals surface area contributed by atoms with Crippen LogP contribution in [0, 0.1) is 0 Å². The molecule has 1 atom stereocenters. The van der Waals surface area contributed by atoms with E-state index < -0.39 is 0 Å². The molecule has 0 amide bonds. The lowest BCUT2D eigenvalue weighted by molar-refractivity contribution is 0.471. The van der Waals surface area contributed by atoms with E-state index >= 15 is 0 Å². The average Bonchev–Trinajstić information content (AvgIpc) is 2.66. The molecule has 1 heterocycles. The first-order valence-corrected chi connectivity index (χ1v) is 5.52. The molecule has 0 aromatic carbocycles. The van der Waals surface area contributed by atoms with Gasteiger partial charge >= 0.3 is 0 Å². The summed E-state index contributed by atoms with van der Waals surface area (Å²) in [6.45, 7) is 8.50. The highest BCUT2D eigenvalue weighted by atomic mass is 15.3. The van der Waals surface area contributed by atoms with Crippen molar-refractivity contribution >= 4 is 0 Å². The molecule has 1 N–H and O–H groups in total. The van der Waals surface area contributed by atoms with E-state index in [2.05, 4.69) is 43.4 Å². The lowest BCUT2D eigenvalue weighted by atomic mass is 10.3. The second-order valence-electron chi connectivity index (χ2n) is 3.72. The maximum absolute atomic E-state index is 4.51. The summed E-state index contributed by atoms with van der Waals surface area (Å²) in [4.78, 5) is 0. The topological polar surface area (TPSA) is 29.9 Å². The second kappa shape index (κ2) is 5.81. The zero-order chi connectivity index (χ0) is 10.4. The van der Waals surface area contributed by atoms with E-state index in [4.69, 9.17) is 0 Å². The van der Waals surface area contributed by atoms with Crippen LogP contribution < -0.4 is 5.32 Å². The summed E-state index contributed by atoms with van der Waals surface area (Å²) in [7, 11) is 0. The molecule has 0 spiro atoms. The molecule has 0 fully saturated rings. The monoisotopic (exact) mass is 195 g/mol. The molecule has 14 heavy (non-hydrogen) atoms. The van der Waals surface area contributed by atoms with Crippen LogP contribution in [0.1, 0.15) is 45.3 Å². The van der Waals surface area contributed by atoms with Gasteiger partial charge in [-0.3, -0.25) is 4.68 Å². The third-order valence-electron chi connectivity index (χ3n) is 2.44. The van der Waals surface area contributed by atoms with Gasteiger partial charge in [-0.15, -0.1) is 0 Å². The Morgan fingerprint density at radius 3 is 2.93 bits per heavy atom. The van der Waals surface area contributed by atoms with Crippen LogP contribution in [-0.4, -0.2) is 16.3 Å². The Kier molecular flexibility index (Phi) is 4.66. The minimum Gasteiger partial charge on any atom is -0.311 e. The molecule has 3 heteroatoms. The van der Waals surface area contributed by atoms with Crippen molar-refractivity contribution in [3.63, 3.8) is 0 Å². The van der Waals surface area contributed by atoms with Crippen LogP contribution >= 0.6 is 0 Å². The van der Waals surface area contributed by atoms with E-state index in [1.54, 1.807) is 0 Å². The highest BCUT2D eigenvalue weighted by Gasteiger charge is 2.03. The number of hydrogen-bond acceptors (Lipinski definition) is 2. The summed E-state index contributed by atoms with van der Waals surface area (Å²) < 4.78 is 2.04. The SMILES string of the molecule is CCCNCc1ccn(C(C)CC)n1. The number of nitrogens with one attached hydrogen (secondary N) is 1. The Bertz CT molecular complexity index is 255.